The zero-order valence-corrected chi connectivity index (χ0v) is 18.1. The number of hydrogen-bond acceptors (Lipinski definition) is 1. The molecule has 0 aromatic heterocycles. The van der Waals surface area contributed by atoms with Crippen molar-refractivity contribution in [3.63, 3.8) is 0 Å². The third-order valence-corrected chi connectivity index (χ3v) is 7.27. The molecule has 0 atom stereocenters. The topological polar surface area (TPSA) is 9.23 Å². The predicted molar refractivity (Wildman–Crippen MR) is 132 cm³/mol. The molecule has 0 saturated heterocycles. The van der Waals surface area contributed by atoms with Crippen LogP contribution >= 0.6 is 0 Å². The summed E-state index contributed by atoms with van der Waals surface area (Å²) in [5.74, 6) is 1.86. The number of hydrogen-bond donors (Lipinski definition) is 0. The number of fused-ring (bicyclic) bond motifs is 5. The van der Waals surface area contributed by atoms with Crippen molar-refractivity contribution < 1.29 is 4.74 Å². The van der Waals surface area contributed by atoms with Crippen molar-refractivity contribution in [2.75, 3.05) is 0 Å². The summed E-state index contributed by atoms with van der Waals surface area (Å²) in [7, 11) is 0. The Bertz CT molecular complexity index is 1570. The second-order valence-corrected chi connectivity index (χ2v) is 9.40. The summed E-state index contributed by atoms with van der Waals surface area (Å²) in [5.41, 5.74) is 10.4. The van der Waals surface area contributed by atoms with E-state index in [0.717, 1.165) is 17.1 Å². The van der Waals surface area contributed by atoms with E-state index in [9.17, 15) is 0 Å². The highest BCUT2D eigenvalue weighted by Gasteiger charge is 2.35. The van der Waals surface area contributed by atoms with Crippen molar-refractivity contribution >= 4 is 10.8 Å². The quantitative estimate of drug-likeness (QED) is 0.264. The van der Waals surface area contributed by atoms with Gasteiger partial charge in [0.1, 0.15) is 11.5 Å². The molecule has 1 nitrogen and oxygen atoms in total. The van der Waals surface area contributed by atoms with Crippen molar-refractivity contribution in [3.05, 3.63) is 108 Å². The molecular formula is C31H22O. The van der Waals surface area contributed by atoms with Crippen LogP contribution < -0.4 is 4.74 Å². The van der Waals surface area contributed by atoms with E-state index < -0.39 is 0 Å². The van der Waals surface area contributed by atoms with Gasteiger partial charge in [0.2, 0.25) is 0 Å². The van der Waals surface area contributed by atoms with Crippen molar-refractivity contribution in [3.8, 4) is 44.9 Å². The Hall–Kier alpha value is -3.84. The molecule has 0 radical (unpaired) electrons. The monoisotopic (exact) mass is 410 g/mol. The first-order valence-corrected chi connectivity index (χ1v) is 11.2. The molecule has 0 unspecified atom stereocenters. The third kappa shape index (κ3) is 2.28. The van der Waals surface area contributed by atoms with Gasteiger partial charge in [0.25, 0.3) is 0 Å². The lowest BCUT2D eigenvalue weighted by atomic mass is 9.82. The van der Waals surface area contributed by atoms with E-state index in [1.54, 1.807) is 0 Å². The molecular weight excluding hydrogens is 388 g/mol. The highest BCUT2D eigenvalue weighted by molar-refractivity contribution is 6.04. The molecule has 32 heavy (non-hydrogen) atoms. The Labute approximate surface area is 187 Å². The van der Waals surface area contributed by atoms with Gasteiger partial charge in [-0.1, -0.05) is 86.6 Å². The summed E-state index contributed by atoms with van der Waals surface area (Å²) < 4.78 is 6.29. The maximum Gasteiger partial charge on any atom is 0.135 e. The lowest BCUT2D eigenvalue weighted by molar-refractivity contribution is 0.487. The van der Waals surface area contributed by atoms with E-state index in [2.05, 4.69) is 111 Å². The van der Waals surface area contributed by atoms with Gasteiger partial charge >= 0.3 is 0 Å². The van der Waals surface area contributed by atoms with E-state index in [4.69, 9.17) is 4.74 Å². The summed E-state index contributed by atoms with van der Waals surface area (Å²) in [6.45, 7) is 4.65. The van der Waals surface area contributed by atoms with Gasteiger partial charge in [-0.15, -0.1) is 0 Å². The van der Waals surface area contributed by atoms with Crippen LogP contribution in [0.15, 0.2) is 97.1 Å². The van der Waals surface area contributed by atoms with Crippen LogP contribution in [0.4, 0.5) is 0 Å². The van der Waals surface area contributed by atoms with Gasteiger partial charge in [-0.05, 0) is 68.6 Å². The van der Waals surface area contributed by atoms with Crippen molar-refractivity contribution in [1.82, 2.24) is 0 Å². The van der Waals surface area contributed by atoms with Crippen molar-refractivity contribution in [2.45, 2.75) is 19.3 Å². The summed E-state index contributed by atoms with van der Waals surface area (Å²) in [6.07, 6.45) is 0. The van der Waals surface area contributed by atoms with Crippen LogP contribution in [-0.4, -0.2) is 0 Å². The number of benzene rings is 5. The molecule has 5 aromatic rings. The molecule has 7 rings (SSSR count). The largest absolute Gasteiger partial charge is 0.456 e. The molecule has 0 amide bonds. The minimum Gasteiger partial charge on any atom is -0.456 e. The minimum absolute atomic E-state index is 0.0352. The SMILES string of the molecule is CC1(C)c2ccccc2-c2cc(-c3ccc4c(c3)-c3cccc5cccc(c35)O4)ccc21. The predicted octanol–water partition coefficient (Wildman–Crippen LogP) is 8.59. The van der Waals surface area contributed by atoms with E-state index in [1.165, 1.54) is 49.7 Å². The van der Waals surface area contributed by atoms with Crippen LogP contribution in [0.25, 0.3) is 44.2 Å². The summed E-state index contributed by atoms with van der Waals surface area (Å²) >= 11 is 0. The third-order valence-electron chi connectivity index (χ3n) is 7.27. The maximum absolute atomic E-state index is 6.29. The summed E-state index contributed by atoms with van der Waals surface area (Å²) in [6, 6.07) is 35.1. The Morgan fingerprint density at radius 3 is 2.09 bits per heavy atom. The van der Waals surface area contributed by atoms with Crippen LogP contribution in [0.5, 0.6) is 11.5 Å². The molecule has 152 valence electrons. The first kappa shape index (κ1) is 17.8. The molecule has 0 N–H and O–H groups in total. The first-order valence-electron chi connectivity index (χ1n) is 11.2. The van der Waals surface area contributed by atoms with Gasteiger partial charge < -0.3 is 4.74 Å². The highest BCUT2D eigenvalue weighted by atomic mass is 16.5. The molecule has 0 bridgehead atoms. The zero-order valence-electron chi connectivity index (χ0n) is 18.1. The maximum atomic E-state index is 6.29. The molecule has 0 saturated carbocycles. The lowest BCUT2D eigenvalue weighted by Gasteiger charge is -2.22. The molecule has 1 heteroatoms. The Morgan fingerprint density at radius 2 is 1.22 bits per heavy atom. The Kier molecular flexibility index (Phi) is 3.40. The number of rotatable bonds is 1. The van der Waals surface area contributed by atoms with Crippen molar-refractivity contribution in [2.24, 2.45) is 0 Å². The van der Waals surface area contributed by atoms with Gasteiger partial charge in [0.15, 0.2) is 0 Å². The van der Waals surface area contributed by atoms with Gasteiger partial charge in [0.05, 0.1) is 0 Å². The van der Waals surface area contributed by atoms with E-state index in [-0.39, 0.29) is 5.41 Å². The van der Waals surface area contributed by atoms with Gasteiger partial charge in [-0.2, -0.15) is 0 Å². The lowest BCUT2D eigenvalue weighted by Crippen LogP contribution is -2.14. The fourth-order valence-electron chi connectivity index (χ4n) is 5.64. The average Bonchev–Trinajstić information content (AvgIpc) is 3.06. The van der Waals surface area contributed by atoms with Crippen molar-refractivity contribution in [1.29, 1.82) is 0 Å². The fourth-order valence-corrected chi connectivity index (χ4v) is 5.64. The van der Waals surface area contributed by atoms with E-state index in [1.807, 2.05) is 0 Å². The van der Waals surface area contributed by atoms with Crippen LogP contribution in [0.3, 0.4) is 0 Å². The van der Waals surface area contributed by atoms with Gasteiger partial charge in [-0.25, -0.2) is 0 Å². The molecule has 2 aliphatic rings. The Morgan fingerprint density at radius 1 is 0.531 bits per heavy atom. The normalized spacial score (nSPS) is 14.4. The molecule has 1 aliphatic heterocycles. The molecule has 5 aromatic carbocycles. The molecule has 0 spiro atoms. The standard InChI is InChI=1S/C31H22O/c1-31(2)26-11-4-3-9-22(26)24-17-20(13-15-27(24)31)21-14-16-28-25(18-21)23-10-5-7-19-8-6-12-29(32-28)30(19)23/h3-18H,1-2H3. The summed E-state index contributed by atoms with van der Waals surface area (Å²) in [5, 5.41) is 2.41. The first-order chi connectivity index (χ1) is 15.6. The molecule has 1 heterocycles. The van der Waals surface area contributed by atoms with Crippen LogP contribution in [0.1, 0.15) is 25.0 Å². The second kappa shape index (κ2) is 6.11. The van der Waals surface area contributed by atoms with Crippen LogP contribution in [0, 0.1) is 0 Å². The zero-order chi connectivity index (χ0) is 21.4. The van der Waals surface area contributed by atoms with E-state index in [0.29, 0.717) is 0 Å². The number of ether oxygens (including phenoxy) is 1. The van der Waals surface area contributed by atoms with Gasteiger partial charge in [-0.3, -0.25) is 0 Å². The fraction of sp³-hybridized carbons (Fsp3) is 0.0968. The van der Waals surface area contributed by atoms with E-state index >= 15 is 0 Å². The van der Waals surface area contributed by atoms with Crippen LogP contribution in [-0.2, 0) is 5.41 Å². The molecule has 0 fully saturated rings. The second-order valence-electron chi connectivity index (χ2n) is 9.40. The van der Waals surface area contributed by atoms with Crippen LogP contribution in [0.2, 0.25) is 0 Å². The highest BCUT2D eigenvalue weighted by Crippen LogP contribution is 2.51. The smallest absolute Gasteiger partial charge is 0.135 e. The average molecular weight is 411 g/mol. The minimum atomic E-state index is 0.0352. The Balaban J connectivity index is 1.42. The van der Waals surface area contributed by atoms with Gasteiger partial charge in [0, 0.05) is 16.4 Å². The summed E-state index contributed by atoms with van der Waals surface area (Å²) in [4.78, 5) is 0. The molecule has 1 aliphatic carbocycles.